The summed E-state index contributed by atoms with van der Waals surface area (Å²) in [4.78, 5) is 25.1. The summed E-state index contributed by atoms with van der Waals surface area (Å²) in [6.45, 7) is 26.8. The molecule has 7 rings (SSSR count). The van der Waals surface area contributed by atoms with E-state index in [0.717, 1.165) is 88.3 Å². The molecule has 0 aromatic heterocycles. The Morgan fingerprint density at radius 2 is 0.620 bits per heavy atom. The summed E-state index contributed by atoms with van der Waals surface area (Å²) in [5.41, 5.74) is 13.4. The van der Waals surface area contributed by atoms with Crippen LogP contribution in [0.1, 0.15) is 81.8 Å². The number of fused-ring (bicyclic) bond motifs is 4. The van der Waals surface area contributed by atoms with Gasteiger partial charge in [-0.25, -0.2) is 0 Å². The van der Waals surface area contributed by atoms with E-state index in [1.54, 1.807) is 6.07 Å². The van der Waals surface area contributed by atoms with Gasteiger partial charge in [-0.2, -0.15) is 36.9 Å². The standard InChI is InChI=1S/C38H66N6S2.C24H20B.C2H3N.2Ni.HO2P/c1-37(2,3)33-21-29-25-41(9)17-13-39(7)15-19-43(11)27-31-23-34(38(4,5)6)24-32(36(31)46)28-44(12)20-16-40(8)14-18-42(10)26-30(22-33)35(29)45;1-5-13-21(14-6-1)25(22-15-7-2-8-16-22,23-17-9-3-10-18-23)24-19-11-4-12-20-24;1-2-3;;;1-3-2/h21-24,45-46H,13-20,25-28H2,1-12H3;1-20H;1H3;;;3H/q;-1;;2*+2;/p-2. The Labute approximate surface area is 510 Å². The molecule has 6 aromatic rings. The van der Waals surface area contributed by atoms with Crippen molar-refractivity contribution < 1.29 is 42.4 Å². The molecular weight excluding hydrogens is 1120 g/mol. The van der Waals surface area contributed by atoms with E-state index in [2.05, 4.69) is 259 Å². The van der Waals surface area contributed by atoms with E-state index < -0.39 is 14.8 Å². The molecule has 0 amide bonds. The third-order valence-corrected chi connectivity index (χ3v) is 15.7. The molecule has 6 aromatic carbocycles. The van der Waals surface area contributed by atoms with Crippen LogP contribution < -0.4 is 26.7 Å². The van der Waals surface area contributed by atoms with Gasteiger partial charge in [-0.05, 0) is 64.2 Å². The van der Waals surface area contributed by atoms with Crippen LogP contribution in [0.15, 0.2) is 155 Å². The number of rotatable bonds is 4. The van der Waals surface area contributed by atoms with Crippen molar-refractivity contribution in [3.05, 3.63) is 179 Å². The van der Waals surface area contributed by atoms with Crippen LogP contribution in [0.5, 0.6) is 0 Å². The maximum absolute atomic E-state index is 8.40. The van der Waals surface area contributed by atoms with Crippen LogP contribution >= 0.6 is 8.69 Å². The van der Waals surface area contributed by atoms with Crippen LogP contribution in [-0.4, -0.2) is 130 Å². The van der Waals surface area contributed by atoms with E-state index in [9.17, 15) is 0 Å². The minimum atomic E-state index is -1.42. The third kappa shape index (κ3) is 22.1. The first-order valence-corrected chi connectivity index (χ1v) is 28.7. The van der Waals surface area contributed by atoms with Gasteiger partial charge >= 0.3 is 33.0 Å². The molecule has 1 atom stereocenters. The van der Waals surface area contributed by atoms with Gasteiger partial charge in [-0.3, -0.25) is 0 Å². The molecule has 0 N–H and O–H groups in total. The van der Waals surface area contributed by atoms with E-state index in [-0.39, 0.29) is 43.8 Å². The van der Waals surface area contributed by atoms with Crippen LogP contribution in [0, 0.1) is 11.3 Å². The molecule has 0 saturated carbocycles. The summed E-state index contributed by atoms with van der Waals surface area (Å²) in [5, 5.41) is 7.32. The number of likely N-dealkylation sites (N-methyl/N-ethyl adjacent to an activating group) is 6. The van der Waals surface area contributed by atoms with Gasteiger partial charge in [0, 0.05) is 85.5 Å². The fraction of sp³-hybridized carbons (Fsp3) is 0.422. The Hall–Kier alpha value is -3.88. The Balaban J connectivity index is 0.000000540. The number of nitrogens with zero attached hydrogens (tertiary/aromatic N) is 7. The number of hydrogen-bond acceptors (Lipinski definition) is 11. The molecule has 0 saturated heterocycles. The quantitative estimate of drug-likeness (QED) is 0.0973. The molecule has 9 nitrogen and oxygen atoms in total. The molecule has 0 spiro atoms. The second-order valence-corrected chi connectivity index (χ2v) is 24.1. The average molecular weight is 1210 g/mol. The van der Waals surface area contributed by atoms with E-state index >= 15 is 0 Å². The zero-order chi connectivity index (χ0) is 56.8. The molecule has 1 unspecified atom stereocenters. The maximum atomic E-state index is 8.40. The predicted molar refractivity (Wildman–Crippen MR) is 332 cm³/mol. The van der Waals surface area contributed by atoms with E-state index in [1.165, 1.54) is 62.2 Å². The molecule has 1 heterocycles. The summed E-state index contributed by atoms with van der Waals surface area (Å²) < 4.78 is 8.40. The van der Waals surface area contributed by atoms with Crippen LogP contribution in [0.3, 0.4) is 0 Å². The minimum absolute atomic E-state index is 0. The molecular formula is C64H88BN7Ni2O2PS2+. The zero-order valence-corrected chi connectivity index (χ0v) is 53.9. The summed E-state index contributed by atoms with van der Waals surface area (Å²) in [5.74, 6) is 0. The fourth-order valence-electron chi connectivity index (χ4n) is 10.0. The van der Waals surface area contributed by atoms with Crippen molar-refractivity contribution in [3.63, 3.8) is 0 Å². The first kappa shape index (κ1) is 71.2. The summed E-state index contributed by atoms with van der Waals surface area (Å²) in [6, 6.07) is 54.7. The van der Waals surface area contributed by atoms with Gasteiger partial charge in [0.25, 0.3) is 8.69 Å². The van der Waals surface area contributed by atoms with Crippen LogP contribution in [-0.2, 0) is 99.8 Å². The van der Waals surface area contributed by atoms with Gasteiger partial charge in [0.15, 0.2) is 0 Å². The van der Waals surface area contributed by atoms with Gasteiger partial charge in [0.05, 0.1) is 6.07 Å². The van der Waals surface area contributed by atoms with Crippen LogP contribution in [0.25, 0.3) is 0 Å². The van der Waals surface area contributed by atoms with Crippen molar-refractivity contribution in [2.24, 2.45) is 0 Å². The van der Waals surface area contributed by atoms with Crippen LogP contribution in [0.2, 0.25) is 0 Å². The van der Waals surface area contributed by atoms with Crippen molar-refractivity contribution in [3.8, 4) is 6.07 Å². The first-order valence-electron chi connectivity index (χ1n) is 27.0. The van der Waals surface area contributed by atoms with E-state index in [4.69, 9.17) is 40.0 Å². The smallest absolute Gasteiger partial charge is 0.779 e. The first-order chi connectivity index (χ1) is 36.6. The Morgan fingerprint density at radius 3 is 0.797 bits per heavy atom. The SMILES string of the molecule is CC#N.CN1CCN(C)Cc2cc(C(C)(C)C)cc(c2[S-])CN(C)CCN(C)CCN(C)Cc2cc(C(C)(C)C)cc(c2[S-])CN(C)CC1.O=[PH+][O-].[Ni+2].[Ni+2].c1ccc([B-](c2ccccc2)(c2ccccc2)c2ccccc2)cc1. The molecule has 0 aliphatic carbocycles. The van der Waals surface area contributed by atoms with Gasteiger partial charge < -0.3 is 59.6 Å². The van der Waals surface area contributed by atoms with Crippen molar-refractivity contribution in [2.45, 2.75) is 95.3 Å². The molecule has 4 bridgehead atoms. The van der Waals surface area contributed by atoms with Crippen molar-refractivity contribution in [1.29, 1.82) is 5.26 Å². The molecule has 0 fully saturated rings. The van der Waals surface area contributed by atoms with Crippen LogP contribution in [0.4, 0.5) is 0 Å². The number of nitriles is 1. The Kier molecular flexibility index (Phi) is 31.7. The van der Waals surface area contributed by atoms with E-state index in [0.29, 0.717) is 0 Å². The fourth-order valence-corrected chi connectivity index (χ4v) is 10.5. The maximum Gasteiger partial charge on any atom is 2.00 e. The van der Waals surface area contributed by atoms with E-state index in [1.807, 2.05) is 0 Å². The summed E-state index contributed by atoms with van der Waals surface area (Å²) in [6.07, 6.45) is -1.22. The Bertz CT molecular complexity index is 2400. The molecule has 1 aliphatic heterocycles. The summed E-state index contributed by atoms with van der Waals surface area (Å²) in [7, 11) is 12.0. The largest absolute Gasteiger partial charge is 2.00 e. The molecule has 79 heavy (non-hydrogen) atoms. The van der Waals surface area contributed by atoms with Crippen molar-refractivity contribution in [2.75, 3.05) is 94.6 Å². The predicted octanol–water partition coefficient (Wildman–Crippen LogP) is 8.27. The average Bonchev–Trinajstić information content (AvgIpc) is 3.44. The molecule has 0 radical (unpaired) electrons. The second kappa shape index (κ2) is 35.2. The molecule has 15 heteroatoms. The molecule has 1 aliphatic rings. The summed E-state index contributed by atoms with van der Waals surface area (Å²) >= 11 is 12.3. The minimum Gasteiger partial charge on any atom is -0.779 e. The zero-order valence-electron chi connectivity index (χ0n) is 49.3. The normalized spacial score (nSPS) is 15.6. The number of hydrogen-bond donors (Lipinski definition) is 0. The molecule has 430 valence electrons. The topological polar surface area (TPSA) is 83.4 Å². The van der Waals surface area contributed by atoms with Gasteiger partial charge in [0.1, 0.15) is 6.15 Å². The van der Waals surface area contributed by atoms with Crippen molar-refractivity contribution in [1.82, 2.24) is 29.4 Å². The van der Waals surface area contributed by atoms with Gasteiger partial charge in [0.2, 0.25) is 0 Å². The van der Waals surface area contributed by atoms with Crippen molar-refractivity contribution >= 4 is 61.9 Å². The van der Waals surface area contributed by atoms with Gasteiger partial charge in [-0.15, -0.1) is 0 Å². The number of benzene rings is 6. The van der Waals surface area contributed by atoms with Gasteiger partial charge in [-0.1, -0.05) is 214 Å². The Morgan fingerprint density at radius 1 is 0.443 bits per heavy atom. The monoisotopic (exact) mass is 1210 g/mol. The second-order valence-electron chi connectivity index (χ2n) is 23.1. The third-order valence-electron chi connectivity index (χ3n) is 14.6.